The molecule has 2 fully saturated rings. The summed E-state index contributed by atoms with van der Waals surface area (Å²) in [6.45, 7) is 7.71. The van der Waals surface area contributed by atoms with E-state index in [0.717, 1.165) is 64.8 Å². The first-order chi connectivity index (χ1) is 10.2. The van der Waals surface area contributed by atoms with Crippen molar-refractivity contribution in [3.05, 3.63) is 0 Å². The Morgan fingerprint density at radius 1 is 1.24 bits per heavy atom. The first-order valence-corrected chi connectivity index (χ1v) is 8.72. The standard InChI is InChI=1S/C17H31NO3/c1-3-5-6-7-15(4-2)21-16(19)18-11-8-17(14-18)9-12-20-13-10-17/h15H,3-14H2,1-2H3. The predicted molar refractivity (Wildman–Crippen MR) is 83.4 cm³/mol. The highest BCUT2D eigenvalue weighted by Crippen LogP contribution is 2.39. The van der Waals surface area contributed by atoms with Gasteiger partial charge >= 0.3 is 6.09 Å². The van der Waals surface area contributed by atoms with Gasteiger partial charge in [-0.1, -0.05) is 26.7 Å². The van der Waals surface area contributed by atoms with Crippen LogP contribution in [0.1, 0.15) is 65.2 Å². The van der Waals surface area contributed by atoms with Crippen LogP contribution in [0.4, 0.5) is 4.79 Å². The fourth-order valence-electron chi connectivity index (χ4n) is 3.49. The molecule has 1 atom stereocenters. The van der Waals surface area contributed by atoms with E-state index in [2.05, 4.69) is 13.8 Å². The monoisotopic (exact) mass is 297 g/mol. The van der Waals surface area contributed by atoms with Crippen molar-refractivity contribution >= 4 is 6.09 Å². The summed E-state index contributed by atoms with van der Waals surface area (Å²) in [6, 6.07) is 0. The molecule has 4 heteroatoms. The highest BCUT2D eigenvalue weighted by atomic mass is 16.6. The molecule has 21 heavy (non-hydrogen) atoms. The van der Waals surface area contributed by atoms with Crippen LogP contribution in [0.3, 0.4) is 0 Å². The van der Waals surface area contributed by atoms with Gasteiger partial charge in [0.05, 0.1) is 0 Å². The van der Waals surface area contributed by atoms with Gasteiger partial charge in [-0.05, 0) is 43.9 Å². The number of nitrogens with zero attached hydrogens (tertiary/aromatic N) is 1. The summed E-state index contributed by atoms with van der Waals surface area (Å²) in [6.07, 6.45) is 8.79. The SMILES string of the molecule is CCCCCC(CC)OC(=O)N1CCC2(CCOCC2)C1. The van der Waals surface area contributed by atoms with Gasteiger partial charge in [0.2, 0.25) is 0 Å². The Morgan fingerprint density at radius 3 is 2.67 bits per heavy atom. The first-order valence-electron chi connectivity index (χ1n) is 8.72. The minimum Gasteiger partial charge on any atom is -0.446 e. The van der Waals surface area contributed by atoms with Crippen molar-refractivity contribution in [3.63, 3.8) is 0 Å². The van der Waals surface area contributed by atoms with Gasteiger partial charge in [-0.3, -0.25) is 0 Å². The van der Waals surface area contributed by atoms with Crippen molar-refractivity contribution < 1.29 is 14.3 Å². The molecule has 0 bridgehead atoms. The molecule has 0 saturated carbocycles. The third kappa shape index (κ3) is 4.60. The number of ether oxygens (including phenoxy) is 2. The summed E-state index contributed by atoms with van der Waals surface area (Å²) >= 11 is 0. The highest BCUT2D eigenvalue weighted by Gasteiger charge is 2.41. The van der Waals surface area contributed by atoms with E-state index in [1.54, 1.807) is 0 Å². The first kappa shape index (κ1) is 16.6. The Labute approximate surface area is 129 Å². The molecule has 1 unspecified atom stereocenters. The van der Waals surface area contributed by atoms with Gasteiger partial charge in [-0.15, -0.1) is 0 Å². The Morgan fingerprint density at radius 2 is 2.00 bits per heavy atom. The molecule has 0 N–H and O–H groups in total. The molecule has 2 rings (SSSR count). The molecule has 1 amide bonds. The Balaban J connectivity index is 1.77. The molecule has 0 radical (unpaired) electrons. The summed E-state index contributed by atoms with van der Waals surface area (Å²) < 4.78 is 11.2. The summed E-state index contributed by atoms with van der Waals surface area (Å²) in [7, 11) is 0. The topological polar surface area (TPSA) is 38.8 Å². The maximum Gasteiger partial charge on any atom is 0.410 e. The lowest BCUT2D eigenvalue weighted by Crippen LogP contribution is -2.37. The van der Waals surface area contributed by atoms with E-state index in [4.69, 9.17) is 9.47 Å². The summed E-state index contributed by atoms with van der Waals surface area (Å²) in [5.74, 6) is 0. The van der Waals surface area contributed by atoms with Gasteiger partial charge < -0.3 is 14.4 Å². The van der Waals surface area contributed by atoms with Crippen molar-refractivity contribution in [1.29, 1.82) is 0 Å². The maximum absolute atomic E-state index is 12.3. The van der Waals surface area contributed by atoms with E-state index in [1.165, 1.54) is 12.8 Å². The number of rotatable bonds is 6. The average Bonchev–Trinajstić information content (AvgIpc) is 2.91. The van der Waals surface area contributed by atoms with E-state index >= 15 is 0 Å². The zero-order valence-electron chi connectivity index (χ0n) is 13.7. The zero-order valence-corrected chi connectivity index (χ0v) is 13.7. The molecule has 4 nitrogen and oxygen atoms in total. The zero-order chi connectivity index (χ0) is 15.1. The molecule has 2 aliphatic rings. The Bertz CT molecular complexity index is 326. The minimum absolute atomic E-state index is 0.0929. The second kappa shape index (κ2) is 8.02. The minimum atomic E-state index is -0.0956. The third-order valence-corrected chi connectivity index (χ3v) is 5.10. The van der Waals surface area contributed by atoms with E-state index in [-0.39, 0.29) is 12.2 Å². The number of amides is 1. The van der Waals surface area contributed by atoms with Crippen molar-refractivity contribution in [2.75, 3.05) is 26.3 Å². The normalized spacial score (nSPS) is 22.5. The van der Waals surface area contributed by atoms with Crippen LogP contribution in [0, 0.1) is 5.41 Å². The van der Waals surface area contributed by atoms with Crippen LogP contribution in [0.25, 0.3) is 0 Å². The number of carbonyl (C=O) groups is 1. The highest BCUT2D eigenvalue weighted by molar-refractivity contribution is 5.68. The summed E-state index contributed by atoms with van der Waals surface area (Å²) in [5, 5.41) is 0. The number of unbranched alkanes of at least 4 members (excludes halogenated alkanes) is 2. The molecule has 1 spiro atoms. The number of hydrogen-bond acceptors (Lipinski definition) is 3. The van der Waals surface area contributed by atoms with Crippen LogP contribution < -0.4 is 0 Å². The lowest BCUT2D eigenvalue weighted by atomic mass is 9.80. The fraction of sp³-hybridized carbons (Fsp3) is 0.941. The third-order valence-electron chi connectivity index (χ3n) is 5.10. The molecule has 2 heterocycles. The molecule has 122 valence electrons. The Kier molecular flexibility index (Phi) is 6.34. The van der Waals surface area contributed by atoms with Gasteiger partial charge in [0.25, 0.3) is 0 Å². The molecule has 0 aromatic heterocycles. The van der Waals surface area contributed by atoms with E-state index in [0.29, 0.717) is 5.41 Å². The van der Waals surface area contributed by atoms with Crippen LogP contribution in [0.15, 0.2) is 0 Å². The molecule has 0 aromatic rings. The number of likely N-dealkylation sites (tertiary alicyclic amines) is 1. The van der Waals surface area contributed by atoms with Crippen LogP contribution in [-0.4, -0.2) is 43.4 Å². The molecule has 2 saturated heterocycles. The number of carbonyl (C=O) groups excluding carboxylic acids is 1. The fourth-order valence-corrected chi connectivity index (χ4v) is 3.49. The lowest BCUT2D eigenvalue weighted by molar-refractivity contribution is 0.0154. The largest absolute Gasteiger partial charge is 0.446 e. The van der Waals surface area contributed by atoms with Crippen molar-refractivity contribution in [3.8, 4) is 0 Å². The van der Waals surface area contributed by atoms with E-state index in [1.807, 2.05) is 4.90 Å². The van der Waals surface area contributed by atoms with Crippen LogP contribution in [0.2, 0.25) is 0 Å². The van der Waals surface area contributed by atoms with Crippen molar-refractivity contribution in [2.24, 2.45) is 5.41 Å². The Hall–Kier alpha value is -0.770. The molecular weight excluding hydrogens is 266 g/mol. The van der Waals surface area contributed by atoms with Crippen molar-refractivity contribution in [1.82, 2.24) is 4.90 Å². The van der Waals surface area contributed by atoms with E-state index in [9.17, 15) is 4.79 Å². The maximum atomic E-state index is 12.3. The summed E-state index contributed by atoms with van der Waals surface area (Å²) in [4.78, 5) is 14.3. The molecule has 2 aliphatic heterocycles. The number of hydrogen-bond donors (Lipinski definition) is 0. The second-order valence-electron chi connectivity index (χ2n) is 6.69. The van der Waals surface area contributed by atoms with Gasteiger partial charge in [0.1, 0.15) is 6.10 Å². The smallest absolute Gasteiger partial charge is 0.410 e. The predicted octanol–water partition coefficient (Wildman–Crippen LogP) is 3.98. The second-order valence-corrected chi connectivity index (χ2v) is 6.69. The lowest BCUT2D eigenvalue weighted by Gasteiger charge is -2.33. The van der Waals surface area contributed by atoms with Gasteiger partial charge in [-0.25, -0.2) is 4.79 Å². The van der Waals surface area contributed by atoms with Crippen LogP contribution in [-0.2, 0) is 9.47 Å². The van der Waals surface area contributed by atoms with Crippen molar-refractivity contribution in [2.45, 2.75) is 71.3 Å². The average molecular weight is 297 g/mol. The van der Waals surface area contributed by atoms with Crippen LogP contribution in [0.5, 0.6) is 0 Å². The molecule has 0 aliphatic carbocycles. The molecular formula is C17H31NO3. The van der Waals surface area contributed by atoms with E-state index < -0.39 is 0 Å². The summed E-state index contributed by atoms with van der Waals surface area (Å²) in [5.41, 5.74) is 0.307. The van der Waals surface area contributed by atoms with Gasteiger partial charge in [0, 0.05) is 26.3 Å². The van der Waals surface area contributed by atoms with Gasteiger partial charge in [-0.2, -0.15) is 0 Å². The quantitative estimate of drug-likeness (QED) is 0.696. The molecule has 0 aromatic carbocycles. The van der Waals surface area contributed by atoms with Crippen LogP contribution >= 0.6 is 0 Å². The van der Waals surface area contributed by atoms with Gasteiger partial charge in [0.15, 0.2) is 0 Å².